The smallest absolute Gasteiger partial charge is 0.172 e. The highest BCUT2D eigenvalue weighted by atomic mass is 16.4. The van der Waals surface area contributed by atoms with E-state index in [-0.39, 0.29) is 19.6 Å². The summed E-state index contributed by atoms with van der Waals surface area (Å²) in [4.78, 5) is 4.19. The van der Waals surface area contributed by atoms with Crippen molar-refractivity contribution in [3.63, 3.8) is 0 Å². The van der Waals surface area contributed by atoms with E-state index >= 15 is 0 Å². The van der Waals surface area contributed by atoms with E-state index in [9.17, 15) is 15.3 Å². The lowest BCUT2D eigenvalue weighted by molar-refractivity contribution is -0.332. The van der Waals surface area contributed by atoms with Gasteiger partial charge in [0.15, 0.2) is 19.1 Å². The Hall–Kier alpha value is -1.02. The molecule has 1 saturated heterocycles. The Morgan fingerprint density at radius 1 is 0.667 bits per heavy atom. The summed E-state index contributed by atoms with van der Waals surface area (Å²) in [7, 11) is 0. The third-order valence-electron chi connectivity index (χ3n) is 2.80. The number of hydrogen-bond acceptors (Lipinski definition) is 6. The van der Waals surface area contributed by atoms with Crippen molar-refractivity contribution in [1.82, 2.24) is 14.7 Å². The zero-order valence-electron chi connectivity index (χ0n) is 10.4. The molecule has 0 aromatic carbocycles. The van der Waals surface area contributed by atoms with Crippen molar-refractivity contribution in [3.05, 3.63) is 38.0 Å². The lowest BCUT2D eigenvalue weighted by atomic mass is 10.3. The molecule has 0 saturated carbocycles. The number of rotatable bonds is 6. The maximum atomic E-state index is 10.1. The molecule has 0 aliphatic carbocycles. The van der Waals surface area contributed by atoms with Gasteiger partial charge in [-0.05, 0) is 0 Å². The van der Waals surface area contributed by atoms with Gasteiger partial charge in [0.2, 0.25) is 0 Å². The summed E-state index contributed by atoms with van der Waals surface area (Å²) in [6, 6.07) is 0. The van der Waals surface area contributed by atoms with Crippen LogP contribution in [0.15, 0.2) is 38.0 Å². The molecule has 0 bridgehead atoms. The molecule has 0 radical (unpaired) electrons. The normalized spacial score (nSPS) is 31.2. The van der Waals surface area contributed by atoms with Gasteiger partial charge in [0, 0.05) is 19.6 Å². The first-order chi connectivity index (χ1) is 8.58. The molecule has 0 atom stereocenters. The van der Waals surface area contributed by atoms with Crippen LogP contribution in [0.3, 0.4) is 0 Å². The topological polar surface area (TPSA) is 70.4 Å². The van der Waals surface area contributed by atoms with Crippen molar-refractivity contribution in [3.8, 4) is 0 Å². The van der Waals surface area contributed by atoms with Crippen molar-refractivity contribution < 1.29 is 15.3 Å². The molecule has 0 aromatic heterocycles. The first kappa shape index (κ1) is 15.0. The minimum Gasteiger partial charge on any atom is -0.365 e. The van der Waals surface area contributed by atoms with Crippen molar-refractivity contribution in [2.24, 2.45) is 0 Å². The molecule has 6 nitrogen and oxygen atoms in total. The summed E-state index contributed by atoms with van der Waals surface area (Å²) in [6.45, 7) is 11.6. The molecule has 102 valence electrons. The van der Waals surface area contributed by atoms with Gasteiger partial charge in [0.1, 0.15) is 0 Å². The molecule has 1 fully saturated rings. The Morgan fingerprint density at radius 3 is 1.06 bits per heavy atom. The Bertz CT molecular complexity index is 251. The van der Waals surface area contributed by atoms with Gasteiger partial charge in [-0.15, -0.1) is 19.7 Å². The van der Waals surface area contributed by atoms with E-state index in [4.69, 9.17) is 0 Å². The third kappa shape index (κ3) is 2.86. The van der Waals surface area contributed by atoms with Crippen LogP contribution in [0, 0.1) is 0 Å². The molecule has 1 aliphatic rings. The van der Waals surface area contributed by atoms with Crippen LogP contribution >= 0.6 is 0 Å². The SMILES string of the molecule is C=CCN1C(O)N(CC=C)C(O)N(CC=C)C1O. The highest BCUT2D eigenvalue weighted by Gasteiger charge is 2.42. The minimum absolute atomic E-state index is 0.288. The molecule has 1 aliphatic heterocycles. The summed E-state index contributed by atoms with van der Waals surface area (Å²) in [5.41, 5.74) is 0. The van der Waals surface area contributed by atoms with Gasteiger partial charge in [0.25, 0.3) is 0 Å². The highest BCUT2D eigenvalue weighted by Crippen LogP contribution is 2.22. The predicted molar refractivity (Wildman–Crippen MR) is 68.7 cm³/mol. The minimum atomic E-state index is -1.10. The maximum absolute atomic E-state index is 10.1. The average Bonchev–Trinajstić information content (AvgIpc) is 2.35. The molecule has 1 rings (SSSR count). The van der Waals surface area contributed by atoms with Crippen LogP contribution in [0.1, 0.15) is 0 Å². The summed E-state index contributed by atoms with van der Waals surface area (Å²) in [6.07, 6.45) is 1.40. The van der Waals surface area contributed by atoms with Gasteiger partial charge < -0.3 is 15.3 Å². The van der Waals surface area contributed by atoms with Crippen LogP contribution in [-0.2, 0) is 0 Å². The van der Waals surface area contributed by atoms with Crippen LogP contribution in [0.5, 0.6) is 0 Å². The highest BCUT2D eigenvalue weighted by molar-refractivity contribution is 4.88. The third-order valence-corrected chi connectivity index (χ3v) is 2.80. The van der Waals surface area contributed by atoms with E-state index in [1.807, 2.05) is 0 Å². The van der Waals surface area contributed by atoms with E-state index < -0.39 is 19.1 Å². The molecule has 0 amide bonds. The number of aliphatic hydroxyl groups is 3. The van der Waals surface area contributed by atoms with Gasteiger partial charge in [-0.1, -0.05) is 18.2 Å². The van der Waals surface area contributed by atoms with Gasteiger partial charge in [-0.3, -0.25) is 0 Å². The first-order valence-corrected chi connectivity index (χ1v) is 5.72. The molecule has 0 unspecified atom stereocenters. The fourth-order valence-electron chi connectivity index (χ4n) is 1.94. The second kappa shape index (κ2) is 6.79. The Kier molecular flexibility index (Phi) is 5.67. The summed E-state index contributed by atoms with van der Waals surface area (Å²) in [5, 5.41) is 30.3. The van der Waals surface area contributed by atoms with Crippen molar-refractivity contribution in [1.29, 1.82) is 0 Å². The van der Waals surface area contributed by atoms with Crippen molar-refractivity contribution in [2.45, 2.75) is 19.1 Å². The van der Waals surface area contributed by atoms with Crippen LogP contribution < -0.4 is 0 Å². The molecule has 18 heavy (non-hydrogen) atoms. The van der Waals surface area contributed by atoms with Crippen LogP contribution in [-0.4, -0.2) is 68.7 Å². The Labute approximate surface area is 107 Å². The van der Waals surface area contributed by atoms with E-state index in [1.165, 1.54) is 14.7 Å². The van der Waals surface area contributed by atoms with Gasteiger partial charge in [-0.25, -0.2) is 14.7 Å². The molecule has 0 spiro atoms. The van der Waals surface area contributed by atoms with Crippen LogP contribution in [0.4, 0.5) is 0 Å². The number of aliphatic hydroxyl groups excluding tert-OH is 3. The first-order valence-electron chi connectivity index (χ1n) is 5.72. The van der Waals surface area contributed by atoms with Gasteiger partial charge in [-0.2, -0.15) is 0 Å². The summed E-state index contributed by atoms with van der Waals surface area (Å²) >= 11 is 0. The Morgan fingerprint density at radius 2 is 0.889 bits per heavy atom. The van der Waals surface area contributed by atoms with Crippen LogP contribution in [0.2, 0.25) is 0 Å². The predicted octanol–water partition coefficient (Wildman–Crippen LogP) is -0.708. The van der Waals surface area contributed by atoms with Gasteiger partial charge in [0.05, 0.1) is 0 Å². The zero-order chi connectivity index (χ0) is 13.7. The monoisotopic (exact) mass is 255 g/mol. The average molecular weight is 255 g/mol. The molecule has 1 heterocycles. The van der Waals surface area contributed by atoms with Crippen molar-refractivity contribution in [2.75, 3.05) is 19.6 Å². The summed E-state index contributed by atoms with van der Waals surface area (Å²) < 4.78 is 0. The largest absolute Gasteiger partial charge is 0.365 e. The molecule has 6 heteroatoms. The molecular weight excluding hydrogens is 234 g/mol. The zero-order valence-corrected chi connectivity index (χ0v) is 10.4. The lowest BCUT2D eigenvalue weighted by Crippen LogP contribution is -2.70. The lowest BCUT2D eigenvalue weighted by Gasteiger charge is -2.51. The van der Waals surface area contributed by atoms with Gasteiger partial charge >= 0.3 is 0 Å². The second-order valence-corrected chi connectivity index (χ2v) is 4.00. The molecule has 3 N–H and O–H groups in total. The van der Waals surface area contributed by atoms with E-state index in [0.29, 0.717) is 0 Å². The molecular formula is C12H21N3O3. The number of hydrogen-bond donors (Lipinski definition) is 3. The van der Waals surface area contributed by atoms with E-state index in [0.717, 1.165) is 0 Å². The van der Waals surface area contributed by atoms with E-state index in [2.05, 4.69) is 19.7 Å². The molecule has 0 aromatic rings. The quantitative estimate of drug-likeness (QED) is 0.545. The van der Waals surface area contributed by atoms with E-state index in [1.54, 1.807) is 18.2 Å². The number of nitrogens with zero attached hydrogens (tertiary/aromatic N) is 3. The fraction of sp³-hybridized carbons (Fsp3) is 0.500. The second-order valence-electron chi connectivity index (χ2n) is 4.00. The maximum Gasteiger partial charge on any atom is 0.172 e. The van der Waals surface area contributed by atoms with Crippen LogP contribution in [0.25, 0.3) is 0 Å². The fourth-order valence-corrected chi connectivity index (χ4v) is 1.94. The van der Waals surface area contributed by atoms with Crippen molar-refractivity contribution >= 4 is 0 Å². The summed E-state index contributed by atoms with van der Waals surface area (Å²) in [5.74, 6) is 0. The Balaban J connectivity index is 2.96. The standard InChI is InChI=1S/C12H21N3O3/c1-4-7-13-10(16)14(8-5-2)12(18)15(9-6-3)11(13)17/h4-6,10-12,16-18H,1-3,7-9H2.